The Balaban J connectivity index is 1.38. The number of aryl methyl sites for hydroxylation is 1. The van der Waals surface area contributed by atoms with Crippen LogP contribution in [-0.4, -0.2) is 46.4 Å². The predicted molar refractivity (Wildman–Crippen MR) is 159 cm³/mol. The Morgan fingerprint density at radius 2 is 1.85 bits per heavy atom. The van der Waals surface area contributed by atoms with Gasteiger partial charge in [0.1, 0.15) is 11.5 Å². The summed E-state index contributed by atoms with van der Waals surface area (Å²) in [6.45, 7) is 9.16. The number of allylic oxidation sites excluding steroid dienone is 1. The van der Waals surface area contributed by atoms with Crippen LogP contribution in [0, 0.1) is 12.7 Å². The van der Waals surface area contributed by atoms with Crippen LogP contribution in [0.1, 0.15) is 37.4 Å². The van der Waals surface area contributed by atoms with Gasteiger partial charge in [0, 0.05) is 73.2 Å². The average molecular weight is 538 g/mol. The summed E-state index contributed by atoms with van der Waals surface area (Å²) in [5.74, 6) is -0.00169. The molecule has 9 heteroatoms. The molecule has 0 atom stereocenters. The lowest BCUT2D eigenvalue weighted by Crippen LogP contribution is -2.43. The molecule has 0 saturated carbocycles. The van der Waals surface area contributed by atoms with Crippen LogP contribution in [0.4, 0.5) is 21.7 Å². The van der Waals surface area contributed by atoms with Gasteiger partial charge in [-0.3, -0.25) is 14.4 Å². The van der Waals surface area contributed by atoms with Gasteiger partial charge in [0.15, 0.2) is 0 Å². The molecule has 2 aromatic carbocycles. The van der Waals surface area contributed by atoms with Gasteiger partial charge < -0.3 is 15.5 Å². The molecule has 0 unspecified atom stereocenters. The number of aliphatic imine (C=N–C) groups is 1. The first kappa shape index (κ1) is 25.9. The van der Waals surface area contributed by atoms with Gasteiger partial charge in [-0.15, -0.1) is 0 Å². The lowest BCUT2D eigenvalue weighted by molar-refractivity contribution is 0.566. The molecule has 1 fully saturated rings. The first-order valence-electron chi connectivity index (χ1n) is 13.7. The van der Waals surface area contributed by atoms with Crippen molar-refractivity contribution >= 4 is 34.1 Å². The van der Waals surface area contributed by atoms with E-state index in [9.17, 15) is 9.18 Å². The van der Waals surface area contributed by atoms with E-state index >= 15 is 0 Å². The number of nitrogens with one attached hydrogen (secondary N) is 2. The maximum absolute atomic E-state index is 15.0. The van der Waals surface area contributed by atoms with E-state index in [1.54, 1.807) is 23.0 Å². The van der Waals surface area contributed by atoms with Crippen LogP contribution < -0.4 is 21.1 Å². The van der Waals surface area contributed by atoms with Crippen molar-refractivity contribution in [3.05, 3.63) is 88.2 Å². The van der Waals surface area contributed by atoms with Crippen molar-refractivity contribution in [3.63, 3.8) is 0 Å². The summed E-state index contributed by atoms with van der Waals surface area (Å²) in [6.07, 6.45) is 6.26. The Morgan fingerprint density at radius 1 is 1.02 bits per heavy atom. The molecule has 8 nitrogen and oxygen atoms in total. The van der Waals surface area contributed by atoms with Crippen LogP contribution in [0.2, 0.25) is 0 Å². The number of fused-ring (bicyclic) bond motifs is 1. The van der Waals surface area contributed by atoms with Gasteiger partial charge in [-0.25, -0.2) is 9.37 Å². The number of hydrogen-bond acceptors (Lipinski definition) is 7. The molecule has 0 bridgehead atoms. The van der Waals surface area contributed by atoms with E-state index in [1.807, 2.05) is 56.0 Å². The topological polar surface area (TPSA) is 87.4 Å². The third-order valence-electron chi connectivity index (χ3n) is 7.37. The number of nitrogens with zero attached hydrogens (tertiary/aromatic N) is 5. The zero-order valence-corrected chi connectivity index (χ0v) is 22.9. The van der Waals surface area contributed by atoms with Crippen molar-refractivity contribution in [2.45, 2.75) is 33.2 Å². The normalized spacial score (nSPS) is 15.2. The number of halogens is 1. The first-order valence-corrected chi connectivity index (χ1v) is 13.7. The third kappa shape index (κ3) is 4.88. The molecule has 204 valence electrons. The zero-order valence-electron chi connectivity index (χ0n) is 22.9. The minimum Gasteiger partial charge on any atom is -0.367 e. The monoisotopic (exact) mass is 537 g/mol. The van der Waals surface area contributed by atoms with Crippen molar-refractivity contribution in [1.29, 1.82) is 0 Å². The zero-order chi connectivity index (χ0) is 27.8. The summed E-state index contributed by atoms with van der Waals surface area (Å²) in [5, 5.41) is 7.15. The fourth-order valence-corrected chi connectivity index (χ4v) is 5.40. The van der Waals surface area contributed by atoms with E-state index in [0.717, 1.165) is 60.4 Å². The minimum absolute atomic E-state index is 0.129. The van der Waals surface area contributed by atoms with Gasteiger partial charge in [0.05, 0.1) is 11.4 Å². The van der Waals surface area contributed by atoms with Gasteiger partial charge in [-0.05, 0) is 56.7 Å². The lowest BCUT2D eigenvalue weighted by Gasteiger charge is -2.29. The number of piperazine rings is 1. The molecule has 2 N–H and O–H groups in total. The summed E-state index contributed by atoms with van der Waals surface area (Å²) in [5.41, 5.74) is 5.96. The first-order chi connectivity index (χ1) is 19.4. The molecule has 2 aliphatic rings. The molecule has 2 aliphatic heterocycles. The number of anilines is 3. The van der Waals surface area contributed by atoms with Gasteiger partial charge in [0.2, 0.25) is 5.95 Å². The van der Waals surface area contributed by atoms with E-state index in [0.29, 0.717) is 28.5 Å². The fraction of sp³-hybridized carbons (Fsp3) is 0.290. The fourth-order valence-electron chi connectivity index (χ4n) is 5.40. The summed E-state index contributed by atoms with van der Waals surface area (Å²) < 4.78 is 16.7. The Labute approximate surface area is 232 Å². The van der Waals surface area contributed by atoms with Gasteiger partial charge in [-0.2, -0.15) is 4.98 Å². The van der Waals surface area contributed by atoms with Crippen LogP contribution in [-0.2, 0) is 0 Å². The van der Waals surface area contributed by atoms with E-state index in [2.05, 4.69) is 26.7 Å². The summed E-state index contributed by atoms with van der Waals surface area (Å²) in [6, 6.07) is 12.9. The number of aromatic nitrogens is 3. The van der Waals surface area contributed by atoms with Crippen LogP contribution in [0.25, 0.3) is 22.2 Å². The molecule has 4 heterocycles. The Hall–Kier alpha value is -4.37. The molecular formula is C31H32FN7O. The molecular weight excluding hydrogens is 505 g/mol. The molecule has 2 aromatic heterocycles. The maximum Gasteiger partial charge on any atom is 0.260 e. The highest BCUT2D eigenvalue weighted by Crippen LogP contribution is 2.29. The number of pyridine rings is 1. The van der Waals surface area contributed by atoms with Crippen molar-refractivity contribution < 1.29 is 4.39 Å². The number of benzene rings is 2. The second kappa shape index (κ2) is 10.7. The highest BCUT2D eigenvalue weighted by Gasteiger charge is 2.20. The SMILES string of the molecule is Cc1ccc(-c2cc3cnc(Nc4ccc(N5CCNCC5)c(F)c4)nc3n(C(C)C)c2=O)c(C2=NC=CC2)c1. The molecule has 4 aromatic rings. The van der Waals surface area contributed by atoms with Crippen molar-refractivity contribution in [1.82, 2.24) is 19.9 Å². The van der Waals surface area contributed by atoms with Crippen LogP contribution in [0.15, 0.2) is 70.7 Å². The predicted octanol–water partition coefficient (Wildman–Crippen LogP) is 5.35. The summed E-state index contributed by atoms with van der Waals surface area (Å²) >= 11 is 0. The lowest BCUT2D eigenvalue weighted by atomic mass is 9.94. The Morgan fingerprint density at radius 3 is 2.58 bits per heavy atom. The van der Waals surface area contributed by atoms with Crippen molar-refractivity contribution in [2.24, 2.45) is 4.99 Å². The minimum atomic E-state index is -0.299. The molecule has 40 heavy (non-hydrogen) atoms. The van der Waals surface area contributed by atoms with E-state index < -0.39 is 0 Å². The van der Waals surface area contributed by atoms with Crippen LogP contribution in [0.3, 0.4) is 0 Å². The van der Waals surface area contributed by atoms with Gasteiger partial charge >= 0.3 is 0 Å². The second-order valence-electron chi connectivity index (χ2n) is 10.5. The van der Waals surface area contributed by atoms with Crippen molar-refractivity contribution in [2.75, 3.05) is 36.4 Å². The molecule has 0 amide bonds. The van der Waals surface area contributed by atoms with Crippen LogP contribution >= 0.6 is 0 Å². The Bertz CT molecular complexity index is 1720. The van der Waals surface area contributed by atoms with Gasteiger partial charge in [0.25, 0.3) is 5.56 Å². The largest absolute Gasteiger partial charge is 0.367 e. The second-order valence-corrected chi connectivity index (χ2v) is 10.5. The number of hydrogen-bond donors (Lipinski definition) is 2. The number of rotatable bonds is 6. The molecule has 0 radical (unpaired) electrons. The van der Waals surface area contributed by atoms with Gasteiger partial charge in [-0.1, -0.05) is 23.8 Å². The molecule has 6 rings (SSSR count). The summed E-state index contributed by atoms with van der Waals surface area (Å²) in [4.78, 5) is 29.7. The van der Waals surface area contributed by atoms with Crippen LogP contribution in [0.5, 0.6) is 0 Å². The highest BCUT2D eigenvalue weighted by molar-refractivity contribution is 6.08. The molecule has 0 spiro atoms. The molecule has 1 saturated heterocycles. The van der Waals surface area contributed by atoms with Crippen molar-refractivity contribution in [3.8, 4) is 11.1 Å². The maximum atomic E-state index is 15.0. The average Bonchev–Trinajstić information content (AvgIpc) is 3.48. The standard InChI is InChI=1S/C31H32FN7O/c1-19(2)39-29-21(16-25(30(39)40)23-8-6-20(3)15-24(23)27-5-4-10-34-27)18-35-31(37-29)36-22-7-9-28(26(32)17-22)38-13-11-33-12-14-38/h4,6-10,15-19,33H,5,11-14H2,1-3H3,(H,35,36,37). The smallest absolute Gasteiger partial charge is 0.260 e. The third-order valence-corrected chi connectivity index (χ3v) is 7.37. The van der Waals surface area contributed by atoms with E-state index in [-0.39, 0.29) is 17.4 Å². The summed E-state index contributed by atoms with van der Waals surface area (Å²) in [7, 11) is 0. The quantitative estimate of drug-likeness (QED) is 0.345. The Kier molecular flexibility index (Phi) is 6.89. The van der Waals surface area contributed by atoms with E-state index in [1.165, 1.54) is 6.07 Å². The molecule has 0 aliphatic carbocycles. The highest BCUT2D eigenvalue weighted by atomic mass is 19.1. The van der Waals surface area contributed by atoms with E-state index in [4.69, 9.17) is 4.98 Å².